The van der Waals surface area contributed by atoms with E-state index in [1.807, 2.05) is 39.9 Å². The lowest BCUT2D eigenvalue weighted by Gasteiger charge is -2.44. The van der Waals surface area contributed by atoms with Crippen LogP contribution in [0, 0.1) is 5.82 Å². The Hall–Kier alpha value is -3.93. The Morgan fingerprint density at radius 2 is 1.79 bits per heavy atom. The summed E-state index contributed by atoms with van der Waals surface area (Å²) >= 11 is 0. The highest BCUT2D eigenvalue weighted by Crippen LogP contribution is 2.37. The molecule has 208 valence electrons. The number of piperazine rings is 1. The van der Waals surface area contributed by atoms with Crippen LogP contribution in [0.2, 0.25) is 0 Å². The zero-order chi connectivity index (χ0) is 28.6. The van der Waals surface area contributed by atoms with E-state index in [-0.39, 0.29) is 23.3 Å². The van der Waals surface area contributed by atoms with Crippen molar-refractivity contribution in [2.24, 2.45) is 0 Å². The van der Waals surface area contributed by atoms with Crippen LogP contribution >= 0.6 is 0 Å². The number of pyridine rings is 2. The lowest BCUT2D eigenvalue weighted by atomic mass is 10.0. The number of anilines is 3. The second kappa shape index (κ2) is 10.7. The Labute approximate surface area is 223 Å². The van der Waals surface area contributed by atoms with Crippen LogP contribution in [0.15, 0.2) is 47.5 Å². The van der Waals surface area contributed by atoms with Gasteiger partial charge in [-0.2, -0.15) is 13.2 Å². The number of carbonyl (C=O) groups is 1. The Morgan fingerprint density at radius 3 is 2.36 bits per heavy atom. The molecular formula is C27H30F4N6O2. The average Bonchev–Trinajstić information content (AvgIpc) is 2.87. The SMILES string of the molecule is CC1CN(c2cc(F)c(-c3ccc(N(C)C)nc3)cc2NC(=O)c2c[nH]c(=O)cc2C(F)(F)F)CC(C)N1C. The molecule has 0 bridgehead atoms. The number of hydrogen-bond acceptors (Lipinski definition) is 6. The van der Waals surface area contributed by atoms with Crippen molar-refractivity contribution in [3.8, 4) is 11.1 Å². The van der Waals surface area contributed by atoms with Gasteiger partial charge in [0.1, 0.15) is 11.6 Å². The second-order valence-corrected chi connectivity index (χ2v) is 9.99. The van der Waals surface area contributed by atoms with Crippen LogP contribution in [0.5, 0.6) is 0 Å². The highest BCUT2D eigenvalue weighted by Gasteiger charge is 2.36. The number of rotatable bonds is 5. The fourth-order valence-corrected chi connectivity index (χ4v) is 4.64. The first-order valence-corrected chi connectivity index (χ1v) is 12.3. The number of H-pyrrole nitrogens is 1. The van der Waals surface area contributed by atoms with Crippen LogP contribution in [-0.4, -0.2) is 67.1 Å². The van der Waals surface area contributed by atoms with Crippen molar-refractivity contribution >= 4 is 23.1 Å². The van der Waals surface area contributed by atoms with E-state index in [2.05, 4.69) is 20.2 Å². The molecule has 2 atom stereocenters. The molecule has 3 aromatic rings. The third kappa shape index (κ3) is 5.90. The van der Waals surface area contributed by atoms with Crippen molar-refractivity contribution < 1.29 is 22.4 Å². The molecule has 0 spiro atoms. The summed E-state index contributed by atoms with van der Waals surface area (Å²) in [6.45, 7) is 5.04. The van der Waals surface area contributed by atoms with Crippen molar-refractivity contribution in [2.45, 2.75) is 32.1 Å². The average molecular weight is 547 g/mol. The van der Waals surface area contributed by atoms with Gasteiger partial charge in [0.05, 0.1) is 22.5 Å². The van der Waals surface area contributed by atoms with Crippen LogP contribution < -0.4 is 20.7 Å². The number of nitrogens with one attached hydrogen (secondary N) is 2. The van der Waals surface area contributed by atoms with Crippen molar-refractivity contribution in [1.82, 2.24) is 14.9 Å². The smallest absolute Gasteiger partial charge is 0.367 e. The van der Waals surface area contributed by atoms with Crippen molar-refractivity contribution in [3.63, 3.8) is 0 Å². The minimum atomic E-state index is -4.93. The molecule has 1 aromatic carbocycles. The number of carbonyl (C=O) groups excluding carboxylic acids is 1. The third-order valence-electron chi connectivity index (χ3n) is 7.03. The van der Waals surface area contributed by atoms with Crippen LogP contribution in [0.25, 0.3) is 11.1 Å². The van der Waals surface area contributed by atoms with Gasteiger partial charge >= 0.3 is 6.18 Å². The van der Waals surface area contributed by atoms with Gasteiger partial charge in [-0.1, -0.05) is 0 Å². The predicted octanol–water partition coefficient (Wildman–Crippen LogP) is 4.44. The molecule has 1 aliphatic heterocycles. The number of halogens is 4. The van der Waals surface area contributed by atoms with E-state index in [1.165, 1.54) is 18.3 Å². The van der Waals surface area contributed by atoms with Crippen LogP contribution in [-0.2, 0) is 6.18 Å². The fraction of sp³-hybridized carbons (Fsp3) is 0.370. The van der Waals surface area contributed by atoms with Crippen molar-refractivity contribution in [2.75, 3.05) is 49.3 Å². The molecule has 1 fully saturated rings. The number of likely N-dealkylation sites (N-methyl/N-ethyl adjacent to an activating group) is 1. The number of nitrogens with zero attached hydrogens (tertiary/aromatic N) is 4. The van der Waals surface area contributed by atoms with Gasteiger partial charge < -0.3 is 20.1 Å². The highest BCUT2D eigenvalue weighted by molar-refractivity contribution is 6.07. The quantitative estimate of drug-likeness (QED) is 0.461. The van der Waals surface area contributed by atoms with E-state index < -0.39 is 34.6 Å². The summed E-state index contributed by atoms with van der Waals surface area (Å²) in [5.74, 6) is -1.00. The second-order valence-electron chi connectivity index (χ2n) is 9.99. The number of aromatic amines is 1. The largest absolute Gasteiger partial charge is 0.417 e. The Balaban J connectivity index is 1.81. The first-order valence-electron chi connectivity index (χ1n) is 12.3. The summed E-state index contributed by atoms with van der Waals surface area (Å²) in [6, 6.07) is 6.61. The van der Waals surface area contributed by atoms with E-state index >= 15 is 4.39 Å². The zero-order valence-electron chi connectivity index (χ0n) is 22.2. The number of benzene rings is 1. The summed E-state index contributed by atoms with van der Waals surface area (Å²) in [6.07, 6.45) is -2.71. The Bertz CT molecular complexity index is 1410. The third-order valence-corrected chi connectivity index (χ3v) is 7.03. The number of amides is 1. The molecule has 8 nitrogen and oxygen atoms in total. The summed E-state index contributed by atoms with van der Waals surface area (Å²) in [7, 11) is 5.61. The molecule has 1 saturated heterocycles. The van der Waals surface area contributed by atoms with Crippen molar-refractivity contribution in [1.29, 1.82) is 0 Å². The fourth-order valence-electron chi connectivity index (χ4n) is 4.64. The summed E-state index contributed by atoms with van der Waals surface area (Å²) in [4.78, 5) is 37.1. The van der Waals surface area contributed by atoms with Gasteiger partial charge in [-0.3, -0.25) is 14.5 Å². The molecule has 39 heavy (non-hydrogen) atoms. The summed E-state index contributed by atoms with van der Waals surface area (Å²) in [5, 5.41) is 2.55. The molecule has 4 rings (SSSR count). The monoisotopic (exact) mass is 546 g/mol. The van der Waals surface area contributed by atoms with Gasteiger partial charge in [0.2, 0.25) is 5.56 Å². The number of aromatic nitrogens is 2. The van der Waals surface area contributed by atoms with E-state index in [9.17, 15) is 22.8 Å². The molecule has 2 aromatic heterocycles. The predicted molar refractivity (Wildman–Crippen MR) is 143 cm³/mol. The first-order chi connectivity index (χ1) is 18.3. The molecule has 2 unspecified atom stereocenters. The molecule has 1 amide bonds. The maximum Gasteiger partial charge on any atom is 0.417 e. The molecule has 12 heteroatoms. The van der Waals surface area contributed by atoms with Gasteiger partial charge in [0.25, 0.3) is 5.91 Å². The Kier molecular flexibility index (Phi) is 7.69. The minimum absolute atomic E-state index is 0.0962. The molecule has 0 saturated carbocycles. The van der Waals surface area contributed by atoms with E-state index in [0.29, 0.717) is 36.2 Å². The van der Waals surface area contributed by atoms with E-state index in [0.717, 1.165) is 6.20 Å². The highest BCUT2D eigenvalue weighted by atomic mass is 19.4. The summed E-state index contributed by atoms with van der Waals surface area (Å²) < 4.78 is 56.5. The number of hydrogen-bond donors (Lipinski definition) is 2. The van der Waals surface area contributed by atoms with E-state index in [1.54, 1.807) is 17.0 Å². The topological polar surface area (TPSA) is 84.6 Å². The van der Waals surface area contributed by atoms with Crippen LogP contribution in [0.1, 0.15) is 29.8 Å². The maximum atomic E-state index is 15.5. The first kappa shape index (κ1) is 28.1. The molecule has 2 N–H and O–H groups in total. The van der Waals surface area contributed by atoms with Gasteiger partial charge in [0.15, 0.2) is 0 Å². The lowest BCUT2D eigenvalue weighted by molar-refractivity contribution is -0.138. The molecule has 1 aliphatic rings. The van der Waals surface area contributed by atoms with Gasteiger partial charge in [0, 0.05) is 68.9 Å². The van der Waals surface area contributed by atoms with Crippen LogP contribution in [0.4, 0.5) is 34.8 Å². The van der Waals surface area contributed by atoms with Gasteiger partial charge in [-0.15, -0.1) is 0 Å². The van der Waals surface area contributed by atoms with E-state index in [4.69, 9.17) is 0 Å². The normalized spacial score (nSPS) is 18.2. The molecule has 0 aliphatic carbocycles. The molecule has 0 radical (unpaired) electrons. The standard InChI is InChI=1S/C27H30F4N6O2/c1-15-13-37(14-16(2)36(15)5)23-10-21(28)18(17-6-7-24(32-11-17)35(3)4)8-22(23)34-26(39)19-12-33-25(38)9-20(19)27(29,30)31/h6-12,15-16H,13-14H2,1-5H3,(H,33,38)(H,34,39). The Morgan fingerprint density at radius 1 is 1.13 bits per heavy atom. The van der Waals surface area contributed by atoms with Gasteiger partial charge in [-0.05, 0) is 45.2 Å². The maximum absolute atomic E-state index is 15.5. The number of alkyl halides is 3. The van der Waals surface area contributed by atoms with Gasteiger partial charge in [-0.25, -0.2) is 9.37 Å². The lowest BCUT2D eigenvalue weighted by Crippen LogP contribution is -2.55. The minimum Gasteiger partial charge on any atom is -0.367 e. The molecular weight excluding hydrogens is 516 g/mol. The van der Waals surface area contributed by atoms with Crippen molar-refractivity contribution in [3.05, 3.63) is 70.0 Å². The van der Waals surface area contributed by atoms with Crippen LogP contribution in [0.3, 0.4) is 0 Å². The molecule has 3 heterocycles. The summed E-state index contributed by atoms with van der Waals surface area (Å²) in [5.41, 5.74) is -2.07. The zero-order valence-corrected chi connectivity index (χ0v) is 22.2.